The second-order valence-electron chi connectivity index (χ2n) is 5.17. The van der Waals surface area contributed by atoms with Crippen molar-refractivity contribution in [3.05, 3.63) is 35.6 Å². The molecule has 1 rings (SSSR count). The molecule has 1 aromatic carbocycles. The van der Waals surface area contributed by atoms with Crippen molar-refractivity contribution in [2.75, 3.05) is 12.3 Å². The average molecular weight is 335 g/mol. The highest BCUT2D eigenvalue weighted by atomic mass is 35.5. The number of rotatable bonds is 8. The van der Waals surface area contributed by atoms with E-state index < -0.39 is 6.04 Å². The number of hydrogen-bond donors (Lipinski definition) is 2. The van der Waals surface area contributed by atoms with Gasteiger partial charge in [-0.1, -0.05) is 32.0 Å². The Balaban J connectivity index is 0.00000400. The Morgan fingerprint density at radius 1 is 1.38 bits per heavy atom. The molecule has 0 saturated carbocycles. The fourth-order valence-corrected chi connectivity index (χ4v) is 2.63. The SMILES string of the molecule is CC(C)C[C@H](N)C(=O)NCCSCc1ccccc1F.Cl. The zero-order valence-electron chi connectivity index (χ0n) is 12.5. The van der Waals surface area contributed by atoms with Crippen LogP contribution in [-0.4, -0.2) is 24.2 Å². The molecule has 0 bridgehead atoms. The minimum atomic E-state index is -0.438. The van der Waals surface area contributed by atoms with Crippen molar-refractivity contribution >= 4 is 30.1 Å². The molecular formula is C15H24ClFN2OS. The monoisotopic (exact) mass is 334 g/mol. The van der Waals surface area contributed by atoms with Gasteiger partial charge in [-0.25, -0.2) is 4.39 Å². The van der Waals surface area contributed by atoms with Gasteiger partial charge in [0.1, 0.15) is 5.82 Å². The fourth-order valence-electron chi connectivity index (χ4n) is 1.79. The summed E-state index contributed by atoms with van der Waals surface area (Å²) in [7, 11) is 0. The first-order valence-corrected chi connectivity index (χ1v) is 8.00. The van der Waals surface area contributed by atoms with E-state index in [-0.39, 0.29) is 24.1 Å². The van der Waals surface area contributed by atoms with E-state index in [0.29, 0.717) is 30.2 Å². The van der Waals surface area contributed by atoms with E-state index in [1.54, 1.807) is 23.9 Å². The van der Waals surface area contributed by atoms with Gasteiger partial charge in [-0.05, 0) is 24.0 Å². The third kappa shape index (κ3) is 8.29. The van der Waals surface area contributed by atoms with Gasteiger partial charge in [0.05, 0.1) is 6.04 Å². The minimum Gasteiger partial charge on any atom is -0.354 e. The highest BCUT2D eigenvalue weighted by Crippen LogP contribution is 2.14. The number of halogens is 2. The lowest BCUT2D eigenvalue weighted by Gasteiger charge is -2.14. The first kappa shape index (κ1) is 20.2. The van der Waals surface area contributed by atoms with Gasteiger partial charge in [0.25, 0.3) is 0 Å². The van der Waals surface area contributed by atoms with Gasteiger partial charge in [-0.3, -0.25) is 4.79 Å². The van der Waals surface area contributed by atoms with Crippen molar-refractivity contribution in [2.24, 2.45) is 11.7 Å². The Kier molecular flexibility index (Phi) is 10.5. The van der Waals surface area contributed by atoms with Crippen molar-refractivity contribution in [3.8, 4) is 0 Å². The van der Waals surface area contributed by atoms with Gasteiger partial charge in [-0.2, -0.15) is 11.8 Å². The summed E-state index contributed by atoms with van der Waals surface area (Å²) >= 11 is 1.59. The predicted molar refractivity (Wildman–Crippen MR) is 90.3 cm³/mol. The molecule has 0 radical (unpaired) electrons. The van der Waals surface area contributed by atoms with E-state index in [2.05, 4.69) is 5.32 Å². The number of carbonyl (C=O) groups excluding carboxylic acids is 1. The number of amides is 1. The van der Waals surface area contributed by atoms with Crippen LogP contribution in [0.2, 0.25) is 0 Å². The number of nitrogens with one attached hydrogen (secondary N) is 1. The lowest BCUT2D eigenvalue weighted by molar-refractivity contribution is -0.122. The van der Waals surface area contributed by atoms with Gasteiger partial charge in [0.2, 0.25) is 5.91 Å². The fraction of sp³-hybridized carbons (Fsp3) is 0.533. The molecule has 1 aromatic rings. The summed E-state index contributed by atoms with van der Waals surface area (Å²) in [6.07, 6.45) is 0.689. The molecule has 3 N–H and O–H groups in total. The molecule has 0 aliphatic heterocycles. The van der Waals surface area contributed by atoms with Crippen LogP contribution in [0.25, 0.3) is 0 Å². The molecule has 1 atom stereocenters. The summed E-state index contributed by atoms with van der Waals surface area (Å²) in [4.78, 5) is 11.7. The number of nitrogens with two attached hydrogens (primary N) is 1. The van der Waals surface area contributed by atoms with Crippen LogP contribution < -0.4 is 11.1 Å². The van der Waals surface area contributed by atoms with Crippen LogP contribution in [0.5, 0.6) is 0 Å². The Morgan fingerprint density at radius 3 is 2.67 bits per heavy atom. The molecule has 0 spiro atoms. The molecule has 0 aliphatic rings. The first-order valence-electron chi connectivity index (χ1n) is 6.85. The van der Waals surface area contributed by atoms with Gasteiger partial charge in [-0.15, -0.1) is 12.4 Å². The molecule has 0 heterocycles. The zero-order chi connectivity index (χ0) is 15.0. The van der Waals surface area contributed by atoms with E-state index in [4.69, 9.17) is 5.73 Å². The second kappa shape index (κ2) is 10.9. The minimum absolute atomic E-state index is 0. The average Bonchev–Trinajstić information content (AvgIpc) is 2.39. The van der Waals surface area contributed by atoms with Crippen LogP contribution in [0.3, 0.4) is 0 Å². The third-order valence-electron chi connectivity index (χ3n) is 2.82. The number of hydrogen-bond acceptors (Lipinski definition) is 3. The molecule has 0 unspecified atom stereocenters. The highest BCUT2D eigenvalue weighted by Gasteiger charge is 2.13. The van der Waals surface area contributed by atoms with Crippen molar-refractivity contribution in [1.82, 2.24) is 5.32 Å². The Labute approximate surface area is 136 Å². The highest BCUT2D eigenvalue weighted by molar-refractivity contribution is 7.98. The maximum atomic E-state index is 13.4. The molecule has 0 aliphatic carbocycles. The molecule has 1 amide bonds. The number of benzene rings is 1. The quantitative estimate of drug-likeness (QED) is 0.719. The van der Waals surface area contributed by atoms with Gasteiger partial charge < -0.3 is 11.1 Å². The van der Waals surface area contributed by atoms with Crippen LogP contribution in [0.15, 0.2) is 24.3 Å². The third-order valence-corrected chi connectivity index (χ3v) is 3.83. The summed E-state index contributed by atoms with van der Waals surface area (Å²) in [5.74, 6) is 1.48. The van der Waals surface area contributed by atoms with Crippen molar-refractivity contribution in [1.29, 1.82) is 0 Å². The van der Waals surface area contributed by atoms with E-state index in [0.717, 1.165) is 5.75 Å². The normalized spacial score (nSPS) is 11.9. The molecule has 0 fully saturated rings. The second-order valence-corrected chi connectivity index (χ2v) is 6.28. The topological polar surface area (TPSA) is 55.1 Å². The summed E-state index contributed by atoms with van der Waals surface area (Å²) in [5.41, 5.74) is 6.47. The van der Waals surface area contributed by atoms with Crippen molar-refractivity contribution in [3.63, 3.8) is 0 Å². The zero-order valence-corrected chi connectivity index (χ0v) is 14.1. The van der Waals surface area contributed by atoms with Gasteiger partial charge in [0, 0.05) is 18.1 Å². The van der Waals surface area contributed by atoms with E-state index in [1.165, 1.54) is 6.07 Å². The Hall–Kier alpha value is -0.780. The Bertz CT molecular complexity index is 432. The van der Waals surface area contributed by atoms with Crippen molar-refractivity contribution in [2.45, 2.75) is 32.1 Å². The van der Waals surface area contributed by atoms with Crippen LogP contribution >= 0.6 is 24.2 Å². The maximum absolute atomic E-state index is 13.4. The molecule has 3 nitrogen and oxygen atoms in total. The molecule has 0 saturated heterocycles. The summed E-state index contributed by atoms with van der Waals surface area (Å²) < 4.78 is 13.4. The largest absolute Gasteiger partial charge is 0.354 e. The van der Waals surface area contributed by atoms with E-state index in [1.807, 2.05) is 19.9 Å². The lowest BCUT2D eigenvalue weighted by atomic mass is 10.0. The molecule has 6 heteroatoms. The van der Waals surface area contributed by atoms with Crippen molar-refractivity contribution < 1.29 is 9.18 Å². The smallest absolute Gasteiger partial charge is 0.236 e. The summed E-state index contributed by atoms with van der Waals surface area (Å²) in [5, 5.41) is 2.81. The van der Waals surface area contributed by atoms with Crippen LogP contribution in [0, 0.1) is 11.7 Å². The standard InChI is InChI=1S/C15H23FN2OS.ClH/c1-11(2)9-14(17)15(19)18-7-8-20-10-12-5-3-4-6-13(12)16;/h3-6,11,14H,7-10,17H2,1-2H3,(H,18,19);1H/t14-;/m0./s1. The first-order chi connectivity index (χ1) is 9.50. The molecule has 120 valence electrons. The van der Waals surface area contributed by atoms with Gasteiger partial charge >= 0.3 is 0 Å². The lowest BCUT2D eigenvalue weighted by Crippen LogP contribution is -2.42. The summed E-state index contributed by atoms with van der Waals surface area (Å²) in [6.45, 7) is 4.64. The maximum Gasteiger partial charge on any atom is 0.236 e. The molecule has 21 heavy (non-hydrogen) atoms. The number of thioether (sulfide) groups is 1. The predicted octanol–water partition coefficient (Wildman–Crippen LogP) is 2.97. The van der Waals surface area contributed by atoms with Gasteiger partial charge in [0.15, 0.2) is 0 Å². The number of carbonyl (C=O) groups is 1. The Morgan fingerprint density at radius 2 is 2.05 bits per heavy atom. The molecular weight excluding hydrogens is 311 g/mol. The summed E-state index contributed by atoms with van der Waals surface area (Å²) in [6, 6.07) is 6.31. The van der Waals surface area contributed by atoms with Crippen LogP contribution in [-0.2, 0) is 10.5 Å². The van der Waals surface area contributed by atoms with E-state index >= 15 is 0 Å². The van der Waals surface area contributed by atoms with E-state index in [9.17, 15) is 9.18 Å². The molecule has 0 aromatic heterocycles. The van der Waals surface area contributed by atoms with Crippen LogP contribution in [0.4, 0.5) is 4.39 Å². The van der Waals surface area contributed by atoms with Crippen LogP contribution in [0.1, 0.15) is 25.8 Å².